The van der Waals surface area contributed by atoms with Crippen molar-refractivity contribution in [2.45, 2.75) is 12.5 Å². The van der Waals surface area contributed by atoms with Gasteiger partial charge in [-0.2, -0.15) is 0 Å². The highest BCUT2D eigenvalue weighted by Crippen LogP contribution is 2.25. The second kappa shape index (κ2) is 7.50. The standard InChI is InChI=1S/C16H18INO/c1-18-11-10-16(13-6-3-2-4-7-13)19-15-9-5-8-14(17)12-15/h2-9,12,16,18H,10-11H2,1H3/t16-/m0/s1. The summed E-state index contributed by atoms with van der Waals surface area (Å²) < 4.78 is 7.33. The maximum absolute atomic E-state index is 6.14. The third-order valence-electron chi connectivity index (χ3n) is 2.90. The molecule has 0 aliphatic carbocycles. The lowest BCUT2D eigenvalue weighted by Crippen LogP contribution is -2.16. The number of hydrogen-bond donors (Lipinski definition) is 1. The molecule has 0 heterocycles. The van der Waals surface area contributed by atoms with Crippen molar-refractivity contribution in [3.8, 4) is 5.75 Å². The smallest absolute Gasteiger partial charge is 0.125 e. The molecule has 1 atom stereocenters. The van der Waals surface area contributed by atoms with Crippen molar-refractivity contribution in [3.63, 3.8) is 0 Å². The summed E-state index contributed by atoms with van der Waals surface area (Å²) in [6.45, 7) is 0.934. The topological polar surface area (TPSA) is 21.3 Å². The maximum Gasteiger partial charge on any atom is 0.125 e. The first-order chi connectivity index (χ1) is 9.29. The van der Waals surface area contributed by atoms with E-state index in [1.165, 1.54) is 9.13 Å². The second-order valence-corrected chi connectivity index (χ2v) is 5.61. The quantitative estimate of drug-likeness (QED) is 0.779. The molecule has 0 aromatic heterocycles. The van der Waals surface area contributed by atoms with E-state index in [9.17, 15) is 0 Å². The van der Waals surface area contributed by atoms with Gasteiger partial charge in [0, 0.05) is 9.99 Å². The van der Waals surface area contributed by atoms with Crippen LogP contribution in [0.5, 0.6) is 5.75 Å². The van der Waals surface area contributed by atoms with Crippen molar-refractivity contribution >= 4 is 22.6 Å². The summed E-state index contributed by atoms with van der Waals surface area (Å²) in [6.07, 6.45) is 1.04. The molecule has 0 amide bonds. The van der Waals surface area contributed by atoms with E-state index in [1.54, 1.807) is 0 Å². The normalized spacial score (nSPS) is 12.1. The Kier molecular flexibility index (Phi) is 5.66. The number of benzene rings is 2. The van der Waals surface area contributed by atoms with E-state index >= 15 is 0 Å². The largest absolute Gasteiger partial charge is 0.486 e. The molecular weight excluding hydrogens is 349 g/mol. The highest BCUT2D eigenvalue weighted by atomic mass is 127. The van der Waals surface area contributed by atoms with Gasteiger partial charge in [0.25, 0.3) is 0 Å². The van der Waals surface area contributed by atoms with Crippen LogP contribution in [0, 0.1) is 3.57 Å². The Morgan fingerprint density at radius 1 is 1.11 bits per heavy atom. The molecule has 0 bridgehead atoms. The Morgan fingerprint density at radius 3 is 2.58 bits per heavy atom. The first-order valence-corrected chi connectivity index (χ1v) is 7.49. The third kappa shape index (κ3) is 4.51. The van der Waals surface area contributed by atoms with E-state index < -0.39 is 0 Å². The van der Waals surface area contributed by atoms with Crippen LogP contribution in [0.3, 0.4) is 0 Å². The minimum atomic E-state index is 0.0897. The van der Waals surface area contributed by atoms with Gasteiger partial charge in [0.2, 0.25) is 0 Å². The highest BCUT2D eigenvalue weighted by Gasteiger charge is 2.12. The van der Waals surface area contributed by atoms with E-state index in [-0.39, 0.29) is 6.10 Å². The summed E-state index contributed by atoms with van der Waals surface area (Å²) in [4.78, 5) is 0. The molecule has 2 aromatic rings. The fourth-order valence-corrected chi connectivity index (χ4v) is 2.46. The van der Waals surface area contributed by atoms with Gasteiger partial charge in [-0.25, -0.2) is 0 Å². The zero-order valence-corrected chi connectivity index (χ0v) is 13.1. The molecule has 0 saturated carbocycles. The zero-order valence-electron chi connectivity index (χ0n) is 11.0. The van der Waals surface area contributed by atoms with Crippen LogP contribution in [0.1, 0.15) is 18.1 Å². The molecule has 3 heteroatoms. The van der Waals surface area contributed by atoms with Gasteiger partial charge in [-0.1, -0.05) is 36.4 Å². The molecule has 0 saturated heterocycles. The lowest BCUT2D eigenvalue weighted by molar-refractivity contribution is 0.195. The molecule has 100 valence electrons. The van der Waals surface area contributed by atoms with Crippen LogP contribution >= 0.6 is 22.6 Å². The van der Waals surface area contributed by atoms with Crippen LogP contribution in [-0.2, 0) is 0 Å². The summed E-state index contributed by atoms with van der Waals surface area (Å²) in [7, 11) is 1.97. The van der Waals surface area contributed by atoms with E-state index in [4.69, 9.17) is 4.74 Å². The lowest BCUT2D eigenvalue weighted by atomic mass is 10.1. The Morgan fingerprint density at radius 2 is 1.89 bits per heavy atom. The van der Waals surface area contributed by atoms with E-state index in [0.717, 1.165) is 18.7 Å². The van der Waals surface area contributed by atoms with Gasteiger partial charge >= 0.3 is 0 Å². The summed E-state index contributed by atoms with van der Waals surface area (Å²) in [5.41, 5.74) is 1.22. The van der Waals surface area contributed by atoms with Crippen LogP contribution < -0.4 is 10.1 Å². The van der Waals surface area contributed by atoms with Gasteiger partial charge < -0.3 is 10.1 Å². The molecule has 0 fully saturated rings. The van der Waals surface area contributed by atoms with Gasteiger partial charge in [0.15, 0.2) is 0 Å². The number of hydrogen-bond acceptors (Lipinski definition) is 2. The fourth-order valence-electron chi connectivity index (χ4n) is 1.94. The van der Waals surface area contributed by atoms with Gasteiger partial charge in [0.05, 0.1) is 0 Å². The molecule has 0 unspecified atom stereocenters. The molecule has 0 aliphatic rings. The summed E-state index contributed by atoms with van der Waals surface area (Å²) in [5, 5.41) is 3.18. The number of nitrogens with one attached hydrogen (secondary N) is 1. The molecular formula is C16H18INO. The van der Waals surface area contributed by atoms with Crippen molar-refractivity contribution in [1.82, 2.24) is 5.32 Å². The maximum atomic E-state index is 6.14. The molecule has 1 N–H and O–H groups in total. The van der Waals surface area contributed by atoms with E-state index in [2.05, 4.69) is 64.3 Å². The highest BCUT2D eigenvalue weighted by molar-refractivity contribution is 14.1. The second-order valence-electron chi connectivity index (χ2n) is 4.37. The van der Waals surface area contributed by atoms with Crippen LogP contribution in [0.25, 0.3) is 0 Å². The van der Waals surface area contributed by atoms with Crippen molar-refractivity contribution < 1.29 is 4.74 Å². The summed E-state index contributed by atoms with van der Waals surface area (Å²) >= 11 is 2.30. The van der Waals surface area contributed by atoms with Crippen LogP contribution in [-0.4, -0.2) is 13.6 Å². The molecule has 0 aliphatic heterocycles. The number of rotatable bonds is 6. The average molecular weight is 367 g/mol. The van der Waals surface area contributed by atoms with Crippen molar-refractivity contribution in [2.24, 2.45) is 0 Å². The van der Waals surface area contributed by atoms with Gasteiger partial charge in [0.1, 0.15) is 11.9 Å². The first kappa shape index (κ1) is 14.3. The molecule has 19 heavy (non-hydrogen) atoms. The van der Waals surface area contributed by atoms with Gasteiger partial charge in [-0.15, -0.1) is 0 Å². The Labute approximate surface area is 128 Å². The van der Waals surface area contributed by atoms with E-state index in [0.29, 0.717) is 0 Å². The van der Waals surface area contributed by atoms with Gasteiger partial charge in [-0.05, 0) is 59.9 Å². The molecule has 0 spiro atoms. The minimum absolute atomic E-state index is 0.0897. The van der Waals surface area contributed by atoms with Gasteiger partial charge in [-0.3, -0.25) is 0 Å². The molecule has 2 aromatic carbocycles. The van der Waals surface area contributed by atoms with Crippen molar-refractivity contribution in [3.05, 3.63) is 63.7 Å². The summed E-state index contributed by atoms with van der Waals surface area (Å²) in [6, 6.07) is 18.6. The predicted molar refractivity (Wildman–Crippen MR) is 87.5 cm³/mol. The lowest BCUT2D eigenvalue weighted by Gasteiger charge is -2.19. The molecule has 2 rings (SSSR count). The Bertz CT molecular complexity index is 501. The molecule has 0 radical (unpaired) electrons. The fraction of sp³-hybridized carbons (Fsp3) is 0.250. The monoisotopic (exact) mass is 367 g/mol. The predicted octanol–water partition coefficient (Wildman–Crippen LogP) is 4.02. The zero-order chi connectivity index (χ0) is 13.5. The Hall–Kier alpha value is -1.07. The first-order valence-electron chi connectivity index (χ1n) is 6.41. The average Bonchev–Trinajstić information content (AvgIpc) is 2.44. The van der Waals surface area contributed by atoms with Crippen LogP contribution in [0.2, 0.25) is 0 Å². The molecule has 2 nitrogen and oxygen atoms in total. The number of halogens is 1. The summed E-state index contributed by atoms with van der Waals surface area (Å²) in [5.74, 6) is 0.928. The van der Waals surface area contributed by atoms with Crippen LogP contribution in [0.4, 0.5) is 0 Å². The van der Waals surface area contributed by atoms with Crippen molar-refractivity contribution in [2.75, 3.05) is 13.6 Å². The van der Waals surface area contributed by atoms with Crippen molar-refractivity contribution in [1.29, 1.82) is 0 Å². The number of ether oxygens (including phenoxy) is 1. The minimum Gasteiger partial charge on any atom is -0.486 e. The van der Waals surface area contributed by atoms with Crippen LogP contribution in [0.15, 0.2) is 54.6 Å². The third-order valence-corrected chi connectivity index (χ3v) is 3.57. The van der Waals surface area contributed by atoms with E-state index in [1.807, 2.05) is 25.2 Å². The SMILES string of the molecule is CNCC[C@H](Oc1cccc(I)c1)c1ccccc1. The Balaban J connectivity index is 2.14.